The molecule has 0 spiro atoms. The molecular formula is C11H21. The van der Waals surface area contributed by atoms with E-state index >= 15 is 0 Å². The molecule has 1 saturated carbocycles. The molecule has 2 atom stereocenters. The average Bonchev–Trinajstić information content (AvgIpc) is 2.55. The normalized spacial score (nSPS) is 30.0. The maximum absolute atomic E-state index is 2.51. The monoisotopic (exact) mass is 153 g/mol. The van der Waals surface area contributed by atoms with Crippen LogP contribution < -0.4 is 0 Å². The first-order valence-electron chi connectivity index (χ1n) is 4.97. The predicted molar refractivity (Wildman–Crippen MR) is 50.3 cm³/mol. The van der Waals surface area contributed by atoms with Gasteiger partial charge in [-0.25, -0.2) is 0 Å². The SMILES string of the molecule is CCCC(CC)C1[CH]C1(C)C. The molecule has 0 heterocycles. The molecule has 0 nitrogen and oxygen atoms in total. The zero-order valence-electron chi connectivity index (χ0n) is 8.35. The van der Waals surface area contributed by atoms with Gasteiger partial charge >= 0.3 is 0 Å². The van der Waals surface area contributed by atoms with Gasteiger partial charge in [-0.1, -0.05) is 47.0 Å². The summed E-state index contributed by atoms with van der Waals surface area (Å²) in [6, 6.07) is 0. The third-order valence-electron chi connectivity index (χ3n) is 3.05. The number of rotatable bonds is 4. The van der Waals surface area contributed by atoms with E-state index in [9.17, 15) is 0 Å². The standard InChI is InChI=1S/C11H21/c1-5-7-9(6-2)10-8-11(10,3)4/h8-10H,5-7H2,1-4H3. The van der Waals surface area contributed by atoms with Gasteiger partial charge in [0.25, 0.3) is 0 Å². The molecule has 0 aromatic rings. The van der Waals surface area contributed by atoms with E-state index in [4.69, 9.17) is 0 Å². The smallest absolute Gasteiger partial charge is 0.0286 e. The molecular weight excluding hydrogens is 132 g/mol. The van der Waals surface area contributed by atoms with E-state index in [1.807, 2.05) is 0 Å². The molecule has 0 bridgehead atoms. The summed E-state index contributed by atoms with van der Waals surface area (Å²) in [5, 5.41) is 0. The molecule has 1 fully saturated rings. The van der Waals surface area contributed by atoms with Crippen LogP contribution in [-0.4, -0.2) is 0 Å². The second-order valence-corrected chi connectivity index (χ2v) is 4.47. The van der Waals surface area contributed by atoms with Crippen LogP contribution in [0.3, 0.4) is 0 Å². The molecule has 0 saturated heterocycles. The summed E-state index contributed by atoms with van der Waals surface area (Å²) in [6.07, 6.45) is 6.63. The van der Waals surface area contributed by atoms with Crippen molar-refractivity contribution in [2.75, 3.05) is 0 Å². The Balaban J connectivity index is 2.33. The highest BCUT2D eigenvalue weighted by Gasteiger charge is 2.49. The highest BCUT2D eigenvalue weighted by molar-refractivity contribution is 5.15. The van der Waals surface area contributed by atoms with Crippen molar-refractivity contribution < 1.29 is 0 Å². The molecule has 0 N–H and O–H groups in total. The van der Waals surface area contributed by atoms with Gasteiger partial charge in [0.2, 0.25) is 0 Å². The molecule has 0 aromatic carbocycles. The van der Waals surface area contributed by atoms with Gasteiger partial charge in [-0.3, -0.25) is 0 Å². The second kappa shape index (κ2) is 3.16. The second-order valence-electron chi connectivity index (χ2n) is 4.47. The van der Waals surface area contributed by atoms with E-state index in [1.165, 1.54) is 19.3 Å². The molecule has 65 valence electrons. The summed E-state index contributed by atoms with van der Waals surface area (Å²) >= 11 is 0. The van der Waals surface area contributed by atoms with Gasteiger partial charge in [0.1, 0.15) is 0 Å². The third kappa shape index (κ3) is 1.98. The summed E-state index contributed by atoms with van der Waals surface area (Å²) in [7, 11) is 0. The van der Waals surface area contributed by atoms with Gasteiger partial charge in [0.05, 0.1) is 0 Å². The molecule has 1 aliphatic rings. The quantitative estimate of drug-likeness (QED) is 0.578. The van der Waals surface area contributed by atoms with Gasteiger partial charge in [-0.05, 0) is 23.7 Å². The van der Waals surface area contributed by atoms with E-state index in [0.29, 0.717) is 5.41 Å². The lowest BCUT2D eigenvalue weighted by Crippen LogP contribution is -2.05. The Kier molecular flexibility index (Phi) is 2.61. The zero-order valence-corrected chi connectivity index (χ0v) is 8.35. The minimum Gasteiger partial charge on any atom is -0.0654 e. The Hall–Kier alpha value is 0. The van der Waals surface area contributed by atoms with Crippen molar-refractivity contribution in [1.29, 1.82) is 0 Å². The summed E-state index contributed by atoms with van der Waals surface area (Å²) in [6.45, 7) is 9.33. The van der Waals surface area contributed by atoms with Crippen LogP contribution in [0.15, 0.2) is 0 Å². The fourth-order valence-electron chi connectivity index (χ4n) is 2.17. The van der Waals surface area contributed by atoms with Crippen molar-refractivity contribution in [3.8, 4) is 0 Å². The highest BCUT2D eigenvalue weighted by Crippen LogP contribution is 2.56. The van der Waals surface area contributed by atoms with Crippen LogP contribution in [0.2, 0.25) is 0 Å². The van der Waals surface area contributed by atoms with Crippen LogP contribution in [0.4, 0.5) is 0 Å². The summed E-state index contributed by atoms with van der Waals surface area (Å²) in [4.78, 5) is 0. The van der Waals surface area contributed by atoms with E-state index < -0.39 is 0 Å². The fraction of sp³-hybridized carbons (Fsp3) is 0.909. The first-order valence-corrected chi connectivity index (χ1v) is 4.97. The Morgan fingerprint density at radius 2 is 1.91 bits per heavy atom. The molecule has 1 aliphatic carbocycles. The molecule has 0 aliphatic heterocycles. The fourth-order valence-corrected chi connectivity index (χ4v) is 2.17. The molecule has 0 heteroatoms. The number of hydrogen-bond acceptors (Lipinski definition) is 0. The summed E-state index contributed by atoms with van der Waals surface area (Å²) < 4.78 is 0. The van der Waals surface area contributed by atoms with E-state index in [-0.39, 0.29) is 0 Å². The minimum absolute atomic E-state index is 0.565. The van der Waals surface area contributed by atoms with Crippen LogP contribution in [0.25, 0.3) is 0 Å². The van der Waals surface area contributed by atoms with Crippen molar-refractivity contribution in [3.63, 3.8) is 0 Å². The van der Waals surface area contributed by atoms with Crippen molar-refractivity contribution >= 4 is 0 Å². The maximum atomic E-state index is 2.51. The van der Waals surface area contributed by atoms with Gasteiger partial charge in [-0.2, -0.15) is 0 Å². The summed E-state index contributed by atoms with van der Waals surface area (Å²) in [5.41, 5.74) is 0.565. The van der Waals surface area contributed by atoms with E-state index in [1.54, 1.807) is 0 Å². The first kappa shape index (κ1) is 9.09. The maximum Gasteiger partial charge on any atom is -0.0286 e. The minimum atomic E-state index is 0.565. The average molecular weight is 153 g/mol. The Morgan fingerprint density at radius 1 is 1.36 bits per heavy atom. The van der Waals surface area contributed by atoms with Gasteiger partial charge in [0.15, 0.2) is 0 Å². The molecule has 11 heavy (non-hydrogen) atoms. The van der Waals surface area contributed by atoms with Crippen LogP contribution in [-0.2, 0) is 0 Å². The Labute approximate surface area is 71.4 Å². The Morgan fingerprint density at radius 3 is 2.18 bits per heavy atom. The van der Waals surface area contributed by atoms with E-state index in [2.05, 4.69) is 34.1 Å². The van der Waals surface area contributed by atoms with Gasteiger partial charge in [0, 0.05) is 0 Å². The molecule has 1 radical (unpaired) electrons. The van der Waals surface area contributed by atoms with Crippen molar-refractivity contribution in [3.05, 3.63) is 6.42 Å². The largest absolute Gasteiger partial charge is 0.0654 e. The number of hydrogen-bond donors (Lipinski definition) is 0. The van der Waals surface area contributed by atoms with Crippen LogP contribution >= 0.6 is 0 Å². The first-order chi connectivity index (χ1) is 5.11. The lowest BCUT2D eigenvalue weighted by atomic mass is 9.91. The van der Waals surface area contributed by atoms with Crippen LogP contribution in [0, 0.1) is 23.7 Å². The lowest BCUT2D eigenvalue weighted by Gasteiger charge is -2.14. The third-order valence-corrected chi connectivity index (χ3v) is 3.05. The topological polar surface area (TPSA) is 0 Å². The Bertz CT molecular complexity index is 124. The van der Waals surface area contributed by atoms with E-state index in [0.717, 1.165) is 11.8 Å². The van der Waals surface area contributed by atoms with Crippen molar-refractivity contribution in [2.45, 2.75) is 47.0 Å². The van der Waals surface area contributed by atoms with Crippen molar-refractivity contribution in [2.24, 2.45) is 17.3 Å². The van der Waals surface area contributed by atoms with Gasteiger partial charge in [-0.15, -0.1) is 0 Å². The molecule has 0 amide bonds. The lowest BCUT2D eigenvalue weighted by molar-refractivity contribution is 0.358. The predicted octanol–water partition coefficient (Wildman–Crippen LogP) is 3.67. The molecule has 2 unspecified atom stereocenters. The van der Waals surface area contributed by atoms with Crippen LogP contribution in [0.5, 0.6) is 0 Å². The molecule has 1 rings (SSSR count). The molecule has 0 aromatic heterocycles. The zero-order chi connectivity index (χ0) is 8.48. The van der Waals surface area contributed by atoms with Gasteiger partial charge < -0.3 is 0 Å². The highest BCUT2D eigenvalue weighted by atomic mass is 14.5. The van der Waals surface area contributed by atoms with Crippen LogP contribution in [0.1, 0.15) is 47.0 Å². The van der Waals surface area contributed by atoms with Crippen molar-refractivity contribution in [1.82, 2.24) is 0 Å². The summed E-state index contributed by atoms with van der Waals surface area (Å²) in [5.74, 6) is 1.89.